The van der Waals surface area contributed by atoms with E-state index in [2.05, 4.69) is 15.1 Å². The Kier molecular flexibility index (Phi) is 6.50. The van der Waals surface area contributed by atoms with Crippen LogP contribution in [0.1, 0.15) is 31.8 Å². The van der Waals surface area contributed by atoms with Gasteiger partial charge in [0.2, 0.25) is 0 Å². The van der Waals surface area contributed by atoms with Gasteiger partial charge in [0.1, 0.15) is 5.75 Å². The van der Waals surface area contributed by atoms with Crippen LogP contribution < -0.4 is 10.2 Å². The number of carbonyl (C=O) groups is 2. The van der Waals surface area contributed by atoms with Crippen molar-refractivity contribution in [2.24, 2.45) is 5.10 Å². The number of nitrogens with one attached hydrogen (secondary N) is 1. The molecule has 4 aromatic rings. The fourth-order valence-electron chi connectivity index (χ4n) is 3.61. The average molecular weight is 441 g/mol. The molecule has 1 N–H and O–H groups in total. The highest BCUT2D eigenvalue weighted by molar-refractivity contribution is 6.00. The van der Waals surface area contributed by atoms with Gasteiger partial charge < -0.3 is 14.0 Å². The lowest BCUT2D eigenvalue weighted by Crippen LogP contribution is -2.17. The van der Waals surface area contributed by atoms with Gasteiger partial charge in [0.05, 0.1) is 26.0 Å². The Morgan fingerprint density at radius 2 is 1.76 bits per heavy atom. The first-order chi connectivity index (χ1) is 16.1. The lowest BCUT2D eigenvalue weighted by molar-refractivity contribution is 0.0600. The Morgan fingerprint density at radius 3 is 2.58 bits per heavy atom. The number of carbonyl (C=O) groups excluding carboxylic acids is 2. The summed E-state index contributed by atoms with van der Waals surface area (Å²) in [6.45, 7) is 0.565. The summed E-state index contributed by atoms with van der Waals surface area (Å²) >= 11 is 0. The van der Waals surface area contributed by atoms with Crippen molar-refractivity contribution in [2.45, 2.75) is 6.54 Å². The summed E-state index contributed by atoms with van der Waals surface area (Å²) in [4.78, 5) is 24.3. The summed E-state index contributed by atoms with van der Waals surface area (Å²) in [6.07, 6.45) is 3.60. The van der Waals surface area contributed by atoms with Crippen molar-refractivity contribution in [3.63, 3.8) is 0 Å². The van der Waals surface area contributed by atoms with Gasteiger partial charge in [0.25, 0.3) is 5.91 Å². The van der Waals surface area contributed by atoms with E-state index in [1.165, 1.54) is 7.11 Å². The maximum Gasteiger partial charge on any atom is 0.337 e. The number of ether oxygens (including phenoxy) is 2. The van der Waals surface area contributed by atoms with E-state index in [0.717, 1.165) is 22.0 Å². The molecule has 0 fully saturated rings. The number of fused-ring (bicyclic) bond motifs is 1. The van der Waals surface area contributed by atoms with Crippen LogP contribution in [-0.2, 0) is 11.3 Å². The molecular weight excluding hydrogens is 418 g/mol. The highest BCUT2D eigenvalue weighted by Crippen LogP contribution is 2.22. The monoisotopic (exact) mass is 441 g/mol. The molecule has 0 aliphatic carbocycles. The van der Waals surface area contributed by atoms with Crippen molar-refractivity contribution < 1.29 is 19.1 Å². The molecule has 0 unspecified atom stereocenters. The maximum atomic E-state index is 12.4. The van der Waals surface area contributed by atoms with Crippen molar-refractivity contribution in [1.82, 2.24) is 9.99 Å². The predicted octanol–water partition coefficient (Wildman–Crippen LogP) is 4.25. The maximum absolute atomic E-state index is 12.4. The molecule has 7 heteroatoms. The summed E-state index contributed by atoms with van der Waals surface area (Å²) in [6, 6.07) is 22.2. The van der Waals surface area contributed by atoms with E-state index in [4.69, 9.17) is 9.47 Å². The van der Waals surface area contributed by atoms with Crippen LogP contribution in [0.5, 0.6) is 5.75 Å². The Balaban J connectivity index is 1.56. The lowest BCUT2D eigenvalue weighted by Gasteiger charge is -2.07. The molecule has 0 radical (unpaired) electrons. The number of hydrogen-bond donors (Lipinski definition) is 1. The highest BCUT2D eigenvalue weighted by Gasteiger charge is 2.10. The molecule has 4 rings (SSSR count). The summed E-state index contributed by atoms with van der Waals surface area (Å²) < 4.78 is 12.1. The molecule has 166 valence electrons. The van der Waals surface area contributed by atoms with Crippen LogP contribution in [0.4, 0.5) is 0 Å². The first-order valence-electron chi connectivity index (χ1n) is 10.3. The van der Waals surface area contributed by atoms with Gasteiger partial charge in [-0.3, -0.25) is 4.79 Å². The minimum atomic E-state index is -0.367. The Morgan fingerprint density at radius 1 is 0.970 bits per heavy atom. The van der Waals surface area contributed by atoms with Gasteiger partial charge in [-0.25, -0.2) is 10.2 Å². The number of aromatic nitrogens is 1. The molecule has 0 aliphatic rings. The molecule has 1 amide bonds. The zero-order chi connectivity index (χ0) is 23.2. The van der Waals surface area contributed by atoms with Crippen molar-refractivity contribution in [1.29, 1.82) is 0 Å². The number of methoxy groups -OCH3 is 2. The van der Waals surface area contributed by atoms with E-state index < -0.39 is 0 Å². The molecule has 0 saturated carbocycles. The van der Waals surface area contributed by atoms with Gasteiger partial charge in [-0.05, 0) is 42.0 Å². The molecule has 0 aliphatic heterocycles. The Hall–Kier alpha value is -4.39. The van der Waals surface area contributed by atoms with Crippen LogP contribution in [0.25, 0.3) is 10.9 Å². The van der Waals surface area contributed by atoms with Gasteiger partial charge in [-0.2, -0.15) is 5.10 Å². The second kappa shape index (κ2) is 9.82. The Labute approximate surface area is 191 Å². The largest absolute Gasteiger partial charge is 0.497 e. The van der Waals surface area contributed by atoms with E-state index in [1.807, 2.05) is 48.7 Å². The third kappa shape index (κ3) is 4.93. The minimum Gasteiger partial charge on any atom is -0.497 e. The van der Waals surface area contributed by atoms with Crippen LogP contribution in [0.15, 0.2) is 84.1 Å². The molecule has 1 heterocycles. The van der Waals surface area contributed by atoms with Gasteiger partial charge in [0, 0.05) is 34.8 Å². The molecular formula is C26H23N3O4. The SMILES string of the molecule is COC(=O)c1cccc(Cn2cc(/C=N\NC(=O)c3cccc(OC)c3)c3ccccc32)c1. The standard InChI is InChI=1S/C26H23N3O4/c1-32-22-10-6-8-19(14-22)25(30)28-27-15-21-17-29(24-12-4-3-11-23(21)24)16-18-7-5-9-20(13-18)26(31)33-2/h3-15,17H,16H2,1-2H3,(H,28,30)/b27-15-. The number of nitrogens with zero attached hydrogens (tertiary/aromatic N) is 2. The lowest BCUT2D eigenvalue weighted by atomic mass is 10.1. The fraction of sp³-hybridized carbons (Fsp3) is 0.115. The topological polar surface area (TPSA) is 81.9 Å². The van der Waals surface area contributed by atoms with Gasteiger partial charge in [0.15, 0.2) is 0 Å². The summed E-state index contributed by atoms with van der Waals surface area (Å²) in [7, 11) is 2.92. The third-order valence-electron chi connectivity index (χ3n) is 5.22. The number of amides is 1. The highest BCUT2D eigenvalue weighted by atomic mass is 16.5. The quantitative estimate of drug-likeness (QED) is 0.264. The van der Waals surface area contributed by atoms with E-state index >= 15 is 0 Å². The summed E-state index contributed by atoms with van der Waals surface area (Å²) in [5.74, 6) is -0.0895. The predicted molar refractivity (Wildman–Crippen MR) is 127 cm³/mol. The van der Waals surface area contributed by atoms with E-state index in [1.54, 1.807) is 43.7 Å². The van der Waals surface area contributed by atoms with Crippen LogP contribution in [-0.4, -0.2) is 36.9 Å². The zero-order valence-electron chi connectivity index (χ0n) is 18.3. The second-order valence-electron chi connectivity index (χ2n) is 7.35. The Bertz CT molecular complexity index is 1340. The number of hydrazone groups is 1. The number of hydrogen-bond acceptors (Lipinski definition) is 5. The van der Waals surface area contributed by atoms with Crippen LogP contribution in [0.3, 0.4) is 0 Å². The van der Waals surface area contributed by atoms with Gasteiger partial charge >= 0.3 is 5.97 Å². The molecule has 33 heavy (non-hydrogen) atoms. The van der Waals surface area contributed by atoms with Crippen molar-refractivity contribution in [3.8, 4) is 5.75 Å². The number of para-hydroxylation sites is 1. The number of rotatable bonds is 7. The first kappa shape index (κ1) is 21.8. The normalized spacial score (nSPS) is 11.0. The molecule has 3 aromatic carbocycles. The smallest absolute Gasteiger partial charge is 0.337 e. The van der Waals surface area contributed by atoms with Crippen molar-refractivity contribution >= 4 is 29.0 Å². The molecule has 0 bridgehead atoms. The molecule has 0 saturated heterocycles. The van der Waals surface area contributed by atoms with Gasteiger partial charge in [-0.15, -0.1) is 0 Å². The number of benzene rings is 3. The van der Waals surface area contributed by atoms with E-state index in [0.29, 0.717) is 23.4 Å². The molecule has 1 aromatic heterocycles. The molecule has 0 atom stereocenters. The minimum absolute atomic E-state index is 0.325. The van der Waals surface area contributed by atoms with Crippen LogP contribution >= 0.6 is 0 Å². The van der Waals surface area contributed by atoms with Crippen LogP contribution in [0.2, 0.25) is 0 Å². The third-order valence-corrected chi connectivity index (χ3v) is 5.22. The van der Waals surface area contributed by atoms with Crippen molar-refractivity contribution in [3.05, 3.63) is 101 Å². The van der Waals surface area contributed by atoms with Crippen LogP contribution in [0, 0.1) is 0 Å². The second-order valence-corrected chi connectivity index (χ2v) is 7.35. The van der Waals surface area contributed by atoms with E-state index in [-0.39, 0.29) is 11.9 Å². The summed E-state index contributed by atoms with van der Waals surface area (Å²) in [5, 5.41) is 5.15. The fourth-order valence-corrected chi connectivity index (χ4v) is 3.61. The molecule has 7 nitrogen and oxygen atoms in total. The average Bonchev–Trinajstić information content (AvgIpc) is 3.20. The zero-order valence-corrected chi connectivity index (χ0v) is 18.3. The first-order valence-corrected chi connectivity index (χ1v) is 10.3. The molecule has 0 spiro atoms. The van der Waals surface area contributed by atoms with Gasteiger partial charge in [-0.1, -0.05) is 36.4 Å². The summed E-state index contributed by atoms with van der Waals surface area (Å²) in [5.41, 5.74) is 6.37. The number of esters is 1. The van der Waals surface area contributed by atoms with E-state index in [9.17, 15) is 9.59 Å². The van der Waals surface area contributed by atoms with Crippen molar-refractivity contribution in [2.75, 3.05) is 14.2 Å².